The van der Waals surface area contributed by atoms with Gasteiger partial charge in [0.1, 0.15) is 5.75 Å². The van der Waals surface area contributed by atoms with Crippen LogP contribution in [0.5, 0.6) is 5.75 Å². The van der Waals surface area contributed by atoms with Gasteiger partial charge in [-0.1, -0.05) is 48.5 Å². The molecule has 2 amide bonds. The van der Waals surface area contributed by atoms with Crippen molar-refractivity contribution in [3.8, 4) is 5.75 Å². The van der Waals surface area contributed by atoms with Gasteiger partial charge in [-0.15, -0.1) is 0 Å². The largest absolute Gasteiger partial charge is 0.484 e. The maximum absolute atomic E-state index is 12.7. The maximum atomic E-state index is 12.7. The zero-order chi connectivity index (χ0) is 19.1. The van der Waals surface area contributed by atoms with Gasteiger partial charge in [-0.2, -0.15) is 0 Å². The molecule has 0 bridgehead atoms. The Morgan fingerprint density at radius 2 is 1.52 bits per heavy atom. The normalized spacial score (nSPS) is 10.2. The van der Waals surface area contributed by atoms with E-state index in [1.54, 1.807) is 24.3 Å². The lowest BCUT2D eigenvalue weighted by atomic mass is 9.99. The highest BCUT2D eigenvalue weighted by Gasteiger charge is 2.11. The Morgan fingerprint density at radius 1 is 0.852 bits per heavy atom. The van der Waals surface area contributed by atoms with E-state index in [2.05, 4.69) is 5.32 Å². The second-order valence-electron chi connectivity index (χ2n) is 6.05. The molecule has 0 fully saturated rings. The fourth-order valence-corrected chi connectivity index (χ4v) is 2.70. The fourth-order valence-electron chi connectivity index (χ4n) is 2.70. The molecule has 3 aromatic rings. The highest BCUT2D eigenvalue weighted by molar-refractivity contribution is 6.05. The third kappa shape index (κ3) is 5.19. The molecule has 0 saturated carbocycles. The Labute approximate surface area is 157 Å². The Hall–Kier alpha value is -3.60. The summed E-state index contributed by atoms with van der Waals surface area (Å²) >= 11 is 0. The second kappa shape index (κ2) is 8.67. The summed E-state index contributed by atoms with van der Waals surface area (Å²) in [6.07, 6.45) is 0.685. The van der Waals surface area contributed by atoms with Crippen molar-refractivity contribution in [2.45, 2.75) is 6.42 Å². The number of ether oxygens (including phenoxy) is 1. The minimum atomic E-state index is -0.539. The number of hydrogen-bond donors (Lipinski definition) is 2. The molecule has 0 saturated heterocycles. The topological polar surface area (TPSA) is 81.4 Å². The molecule has 0 aromatic heterocycles. The number of carbonyl (C=O) groups is 2. The number of carbonyl (C=O) groups excluding carboxylic acids is 2. The molecule has 5 heteroatoms. The summed E-state index contributed by atoms with van der Waals surface area (Å²) in [6.45, 7) is -0.182. The first-order valence-corrected chi connectivity index (χ1v) is 8.56. The number of rotatable bonds is 7. The summed E-state index contributed by atoms with van der Waals surface area (Å²) in [7, 11) is 0. The maximum Gasteiger partial charge on any atom is 0.255 e. The van der Waals surface area contributed by atoms with Gasteiger partial charge in [0.2, 0.25) is 0 Å². The Bertz CT molecular complexity index is 922. The summed E-state index contributed by atoms with van der Waals surface area (Å²) in [5.74, 6) is -0.203. The lowest BCUT2D eigenvalue weighted by Crippen LogP contribution is -2.20. The van der Waals surface area contributed by atoms with Crippen LogP contribution < -0.4 is 15.8 Å². The van der Waals surface area contributed by atoms with Crippen LogP contribution in [0.1, 0.15) is 21.5 Å². The van der Waals surface area contributed by atoms with E-state index < -0.39 is 5.91 Å². The molecule has 136 valence electrons. The van der Waals surface area contributed by atoms with Gasteiger partial charge in [0.15, 0.2) is 6.61 Å². The highest BCUT2D eigenvalue weighted by Crippen LogP contribution is 2.19. The van der Waals surface area contributed by atoms with Crippen LogP contribution in [0, 0.1) is 0 Å². The average molecular weight is 360 g/mol. The quantitative estimate of drug-likeness (QED) is 0.678. The van der Waals surface area contributed by atoms with Crippen molar-refractivity contribution < 1.29 is 14.3 Å². The summed E-state index contributed by atoms with van der Waals surface area (Å²) in [6, 6.07) is 24.4. The first-order chi connectivity index (χ1) is 13.1. The number of amides is 2. The van der Waals surface area contributed by atoms with Crippen LogP contribution in [0.3, 0.4) is 0 Å². The number of anilines is 1. The highest BCUT2D eigenvalue weighted by atomic mass is 16.5. The fraction of sp³-hybridized carbons (Fsp3) is 0.0909. The lowest BCUT2D eigenvalue weighted by Gasteiger charge is -2.11. The van der Waals surface area contributed by atoms with Crippen LogP contribution in [-0.2, 0) is 11.2 Å². The van der Waals surface area contributed by atoms with E-state index >= 15 is 0 Å². The molecule has 3 N–H and O–H groups in total. The number of benzene rings is 3. The van der Waals surface area contributed by atoms with Crippen LogP contribution in [0.15, 0.2) is 78.9 Å². The molecule has 3 rings (SSSR count). The number of nitrogens with two attached hydrogens (primary N) is 1. The summed E-state index contributed by atoms with van der Waals surface area (Å²) < 4.78 is 5.21. The van der Waals surface area contributed by atoms with Crippen LogP contribution in [-0.4, -0.2) is 18.4 Å². The summed E-state index contributed by atoms with van der Waals surface area (Å²) in [5, 5.41) is 2.89. The minimum Gasteiger partial charge on any atom is -0.484 e. The van der Waals surface area contributed by atoms with Gasteiger partial charge in [-0.3, -0.25) is 9.59 Å². The van der Waals surface area contributed by atoms with Crippen LogP contribution in [0.25, 0.3) is 0 Å². The summed E-state index contributed by atoms with van der Waals surface area (Å²) in [4.78, 5) is 23.5. The predicted molar refractivity (Wildman–Crippen MR) is 105 cm³/mol. The molecule has 0 aliphatic rings. The Balaban J connectivity index is 1.70. The predicted octanol–water partition coefficient (Wildman–Crippen LogP) is 3.39. The molecule has 0 radical (unpaired) electrons. The van der Waals surface area contributed by atoms with Crippen molar-refractivity contribution in [1.29, 1.82) is 0 Å². The van der Waals surface area contributed by atoms with Gasteiger partial charge in [-0.25, -0.2) is 0 Å². The van der Waals surface area contributed by atoms with Gasteiger partial charge in [0.25, 0.3) is 11.8 Å². The lowest BCUT2D eigenvalue weighted by molar-refractivity contribution is -0.119. The van der Waals surface area contributed by atoms with Gasteiger partial charge in [-0.05, 0) is 47.9 Å². The van der Waals surface area contributed by atoms with E-state index in [0.717, 1.165) is 11.1 Å². The standard InChI is InChI=1S/C22H20N2O3/c23-21(25)15-27-19-12-10-18(11-13-19)24-22(26)20-9-5-4-8-17(20)14-16-6-2-1-3-7-16/h1-13H,14-15H2,(H2,23,25)(H,24,26). The van der Waals surface area contributed by atoms with Gasteiger partial charge >= 0.3 is 0 Å². The van der Waals surface area contributed by atoms with E-state index in [-0.39, 0.29) is 12.5 Å². The molecule has 5 nitrogen and oxygen atoms in total. The first kappa shape index (κ1) is 18.2. The average Bonchev–Trinajstić information content (AvgIpc) is 2.68. The zero-order valence-corrected chi connectivity index (χ0v) is 14.7. The Kier molecular flexibility index (Phi) is 5.84. The van der Waals surface area contributed by atoms with E-state index in [9.17, 15) is 9.59 Å². The van der Waals surface area contributed by atoms with Crippen molar-refractivity contribution in [2.75, 3.05) is 11.9 Å². The SMILES string of the molecule is NC(=O)COc1ccc(NC(=O)c2ccccc2Cc2ccccc2)cc1. The van der Waals surface area contributed by atoms with Gasteiger partial charge in [0, 0.05) is 11.3 Å². The van der Waals surface area contributed by atoms with Crippen LogP contribution >= 0.6 is 0 Å². The number of hydrogen-bond acceptors (Lipinski definition) is 3. The van der Waals surface area contributed by atoms with Crippen LogP contribution in [0.2, 0.25) is 0 Å². The molecular formula is C22H20N2O3. The first-order valence-electron chi connectivity index (χ1n) is 8.56. The number of nitrogens with one attached hydrogen (secondary N) is 1. The smallest absolute Gasteiger partial charge is 0.255 e. The van der Waals surface area contributed by atoms with E-state index in [1.807, 2.05) is 54.6 Å². The molecule has 0 heterocycles. The monoisotopic (exact) mass is 360 g/mol. The Morgan fingerprint density at radius 3 is 2.22 bits per heavy atom. The molecule has 0 unspecified atom stereocenters. The van der Waals surface area contributed by atoms with E-state index in [1.165, 1.54) is 0 Å². The zero-order valence-electron chi connectivity index (χ0n) is 14.7. The molecule has 0 spiro atoms. The van der Waals surface area contributed by atoms with Crippen molar-refractivity contribution in [3.05, 3.63) is 95.6 Å². The van der Waals surface area contributed by atoms with Crippen molar-refractivity contribution >= 4 is 17.5 Å². The van der Waals surface area contributed by atoms with E-state index in [0.29, 0.717) is 23.4 Å². The summed E-state index contributed by atoms with van der Waals surface area (Å²) in [5.41, 5.74) is 8.43. The van der Waals surface area contributed by atoms with Crippen molar-refractivity contribution in [2.24, 2.45) is 5.73 Å². The minimum absolute atomic E-state index is 0.174. The van der Waals surface area contributed by atoms with Crippen molar-refractivity contribution in [1.82, 2.24) is 0 Å². The van der Waals surface area contributed by atoms with Gasteiger partial charge in [0.05, 0.1) is 0 Å². The molecule has 0 aliphatic heterocycles. The molecule has 3 aromatic carbocycles. The second-order valence-corrected chi connectivity index (χ2v) is 6.05. The third-order valence-corrected chi connectivity index (χ3v) is 3.99. The third-order valence-electron chi connectivity index (χ3n) is 3.99. The van der Waals surface area contributed by atoms with E-state index in [4.69, 9.17) is 10.5 Å². The molecule has 0 atom stereocenters. The van der Waals surface area contributed by atoms with Crippen LogP contribution in [0.4, 0.5) is 5.69 Å². The molecular weight excluding hydrogens is 340 g/mol. The van der Waals surface area contributed by atoms with Gasteiger partial charge < -0.3 is 15.8 Å². The number of primary amides is 1. The molecule has 27 heavy (non-hydrogen) atoms. The molecule has 0 aliphatic carbocycles. The van der Waals surface area contributed by atoms with Crippen molar-refractivity contribution in [3.63, 3.8) is 0 Å².